The van der Waals surface area contributed by atoms with Crippen LogP contribution in [0.15, 0.2) is 81.2 Å². The summed E-state index contributed by atoms with van der Waals surface area (Å²) in [6, 6.07) is 18.8. The highest BCUT2D eigenvalue weighted by Gasteiger charge is 2.09. The highest BCUT2D eigenvalue weighted by atomic mass is 32.2. The van der Waals surface area contributed by atoms with Gasteiger partial charge in [0.15, 0.2) is 5.82 Å². The molecule has 2 N–H and O–H groups in total. The fraction of sp³-hybridized carbons (Fsp3) is 0. The van der Waals surface area contributed by atoms with E-state index in [-0.39, 0.29) is 6.03 Å². The normalized spacial score (nSPS) is 10.2. The maximum Gasteiger partial charge on any atom is 0.324 e. The summed E-state index contributed by atoms with van der Waals surface area (Å²) in [5.74, 6) is 0.366. The zero-order valence-corrected chi connectivity index (χ0v) is 12.3. The number of nitrogens with zero attached hydrogens (tertiary/aromatic N) is 1. The third kappa shape index (κ3) is 3.67. The molecule has 22 heavy (non-hydrogen) atoms. The van der Waals surface area contributed by atoms with Crippen molar-refractivity contribution in [1.29, 1.82) is 0 Å². The summed E-state index contributed by atoms with van der Waals surface area (Å²) in [5.41, 5.74) is 0.734. The molecule has 0 unspecified atom stereocenters. The summed E-state index contributed by atoms with van der Waals surface area (Å²) in [4.78, 5) is 14.0. The van der Waals surface area contributed by atoms with Crippen molar-refractivity contribution in [3.05, 3.63) is 66.9 Å². The molecule has 0 spiro atoms. The second-order valence-electron chi connectivity index (χ2n) is 4.38. The van der Waals surface area contributed by atoms with E-state index in [1.807, 2.05) is 54.6 Å². The standard InChI is InChI=1S/C16H13N3O2S/c20-16(18-15-10-11-21-19-15)17-13-8-4-5-9-14(13)22-12-6-2-1-3-7-12/h1-11H,(H2,17,18,19,20). The topological polar surface area (TPSA) is 67.2 Å². The lowest BCUT2D eigenvalue weighted by Crippen LogP contribution is -2.19. The van der Waals surface area contributed by atoms with E-state index in [0.717, 1.165) is 15.5 Å². The molecule has 0 bridgehead atoms. The quantitative estimate of drug-likeness (QED) is 0.746. The van der Waals surface area contributed by atoms with Crippen LogP contribution in [0.3, 0.4) is 0 Å². The SMILES string of the molecule is O=C(Nc1ccon1)Nc1ccccc1Sc1ccccc1. The van der Waals surface area contributed by atoms with Gasteiger partial charge in [0.25, 0.3) is 0 Å². The molecule has 3 rings (SSSR count). The van der Waals surface area contributed by atoms with E-state index in [4.69, 9.17) is 0 Å². The highest BCUT2D eigenvalue weighted by molar-refractivity contribution is 7.99. The number of anilines is 2. The maximum absolute atomic E-state index is 12.0. The van der Waals surface area contributed by atoms with Crippen molar-refractivity contribution < 1.29 is 9.32 Å². The molecule has 1 heterocycles. The molecule has 2 aromatic carbocycles. The number of aromatic nitrogens is 1. The summed E-state index contributed by atoms with van der Waals surface area (Å²) in [5, 5.41) is 9.05. The summed E-state index contributed by atoms with van der Waals surface area (Å²) in [6.45, 7) is 0. The van der Waals surface area contributed by atoms with Crippen molar-refractivity contribution in [3.8, 4) is 0 Å². The van der Waals surface area contributed by atoms with Crippen LogP contribution < -0.4 is 10.6 Å². The Bertz CT molecular complexity index is 745. The summed E-state index contributed by atoms with van der Waals surface area (Å²) >= 11 is 1.59. The average molecular weight is 311 g/mol. The monoisotopic (exact) mass is 311 g/mol. The zero-order chi connectivity index (χ0) is 15.2. The van der Waals surface area contributed by atoms with Crippen molar-refractivity contribution in [1.82, 2.24) is 5.16 Å². The summed E-state index contributed by atoms with van der Waals surface area (Å²) < 4.78 is 4.67. The molecule has 0 aliphatic carbocycles. The number of urea groups is 1. The minimum Gasteiger partial charge on any atom is -0.363 e. The van der Waals surface area contributed by atoms with Gasteiger partial charge in [0.05, 0.1) is 5.69 Å². The van der Waals surface area contributed by atoms with Gasteiger partial charge in [-0.05, 0) is 24.3 Å². The van der Waals surface area contributed by atoms with Crippen molar-refractivity contribution in [2.24, 2.45) is 0 Å². The average Bonchev–Trinajstić information content (AvgIpc) is 3.03. The van der Waals surface area contributed by atoms with Crippen LogP contribution in [0.25, 0.3) is 0 Å². The Hall–Kier alpha value is -2.73. The lowest BCUT2D eigenvalue weighted by atomic mass is 10.3. The first kappa shape index (κ1) is 14.2. The molecule has 5 nitrogen and oxygen atoms in total. The first-order valence-corrected chi connectivity index (χ1v) is 7.43. The van der Waals surface area contributed by atoms with Gasteiger partial charge in [-0.1, -0.05) is 47.3 Å². The fourth-order valence-electron chi connectivity index (χ4n) is 1.82. The second-order valence-corrected chi connectivity index (χ2v) is 5.49. The lowest BCUT2D eigenvalue weighted by Gasteiger charge is -2.10. The number of carbonyl (C=O) groups is 1. The van der Waals surface area contributed by atoms with Gasteiger partial charge < -0.3 is 9.84 Å². The number of hydrogen-bond donors (Lipinski definition) is 2. The van der Waals surface area contributed by atoms with Crippen LogP contribution in [-0.4, -0.2) is 11.2 Å². The zero-order valence-electron chi connectivity index (χ0n) is 11.5. The number of rotatable bonds is 4. The predicted molar refractivity (Wildman–Crippen MR) is 86.2 cm³/mol. The van der Waals surface area contributed by atoms with Gasteiger partial charge in [-0.15, -0.1) is 0 Å². The fourth-order valence-corrected chi connectivity index (χ4v) is 2.74. The van der Waals surface area contributed by atoms with Gasteiger partial charge in [0.2, 0.25) is 0 Å². The number of carbonyl (C=O) groups excluding carboxylic acids is 1. The number of amides is 2. The van der Waals surface area contributed by atoms with Crippen LogP contribution >= 0.6 is 11.8 Å². The second kappa shape index (κ2) is 6.82. The van der Waals surface area contributed by atoms with Gasteiger partial charge >= 0.3 is 6.03 Å². The third-order valence-corrected chi connectivity index (χ3v) is 3.87. The van der Waals surface area contributed by atoms with Gasteiger partial charge in [-0.25, -0.2) is 4.79 Å². The molecule has 110 valence electrons. The van der Waals surface area contributed by atoms with Crippen molar-refractivity contribution >= 4 is 29.3 Å². The Morgan fingerprint density at radius 2 is 1.73 bits per heavy atom. The van der Waals surface area contributed by atoms with E-state index in [1.165, 1.54) is 6.26 Å². The Morgan fingerprint density at radius 3 is 2.50 bits per heavy atom. The summed E-state index contributed by atoms with van der Waals surface area (Å²) in [7, 11) is 0. The summed E-state index contributed by atoms with van der Waals surface area (Å²) in [6.07, 6.45) is 1.40. The van der Waals surface area contributed by atoms with Crippen LogP contribution in [-0.2, 0) is 0 Å². The molecular formula is C16H13N3O2S. The smallest absolute Gasteiger partial charge is 0.324 e. The van der Waals surface area contributed by atoms with Crippen LogP contribution in [0, 0.1) is 0 Å². The van der Waals surface area contributed by atoms with E-state index < -0.39 is 0 Å². The molecule has 0 saturated heterocycles. The number of hydrogen-bond acceptors (Lipinski definition) is 4. The molecule has 0 fully saturated rings. The van der Waals surface area contributed by atoms with Gasteiger partial charge in [0.1, 0.15) is 6.26 Å². The van der Waals surface area contributed by atoms with Gasteiger partial charge in [-0.3, -0.25) is 5.32 Å². The molecule has 6 heteroatoms. The van der Waals surface area contributed by atoms with Crippen LogP contribution in [0.2, 0.25) is 0 Å². The van der Waals surface area contributed by atoms with Crippen molar-refractivity contribution in [3.63, 3.8) is 0 Å². The Kier molecular flexibility index (Phi) is 4.41. The van der Waals surface area contributed by atoms with E-state index >= 15 is 0 Å². The van der Waals surface area contributed by atoms with Crippen LogP contribution in [0.4, 0.5) is 16.3 Å². The molecule has 2 amide bonds. The van der Waals surface area contributed by atoms with Crippen molar-refractivity contribution in [2.75, 3.05) is 10.6 Å². The molecule has 3 aromatic rings. The van der Waals surface area contributed by atoms with Gasteiger partial charge in [0, 0.05) is 15.9 Å². The van der Waals surface area contributed by atoms with E-state index in [2.05, 4.69) is 20.3 Å². The molecule has 0 aliphatic rings. The Balaban J connectivity index is 1.72. The van der Waals surface area contributed by atoms with Crippen LogP contribution in [0.5, 0.6) is 0 Å². The molecule has 0 radical (unpaired) electrons. The molecule has 1 aromatic heterocycles. The first-order chi connectivity index (χ1) is 10.8. The van der Waals surface area contributed by atoms with Crippen LogP contribution in [0.1, 0.15) is 0 Å². The van der Waals surface area contributed by atoms with E-state index in [0.29, 0.717) is 5.82 Å². The van der Waals surface area contributed by atoms with E-state index in [1.54, 1.807) is 17.8 Å². The minimum absolute atomic E-state index is 0.366. The number of benzene rings is 2. The third-order valence-electron chi connectivity index (χ3n) is 2.79. The largest absolute Gasteiger partial charge is 0.363 e. The van der Waals surface area contributed by atoms with Crippen molar-refractivity contribution in [2.45, 2.75) is 9.79 Å². The first-order valence-electron chi connectivity index (χ1n) is 6.61. The number of para-hydroxylation sites is 1. The lowest BCUT2D eigenvalue weighted by molar-refractivity contribution is 0.262. The number of nitrogens with one attached hydrogen (secondary N) is 2. The Morgan fingerprint density at radius 1 is 0.955 bits per heavy atom. The molecule has 0 aliphatic heterocycles. The minimum atomic E-state index is -0.366. The van der Waals surface area contributed by atoms with Gasteiger partial charge in [-0.2, -0.15) is 0 Å². The highest BCUT2D eigenvalue weighted by Crippen LogP contribution is 2.33. The Labute approximate surface area is 131 Å². The molecule has 0 saturated carbocycles. The predicted octanol–water partition coefficient (Wildman–Crippen LogP) is 4.47. The molecule has 0 atom stereocenters. The maximum atomic E-state index is 12.0. The van der Waals surface area contributed by atoms with E-state index in [9.17, 15) is 4.79 Å². The molecular weight excluding hydrogens is 298 g/mol.